The van der Waals surface area contributed by atoms with Crippen LogP contribution in [-0.4, -0.2) is 44.1 Å². The molecule has 37 heavy (non-hydrogen) atoms. The second-order valence-electron chi connectivity index (χ2n) is 10.6. The predicted octanol–water partition coefficient (Wildman–Crippen LogP) is 4.15. The molecule has 1 aromatic heterocycles. The third kappa shape index (κ3) is 4.09. The normalized spacial score (nSPS) is 30.5. The van der Waals surface area contributed by atoms with Gasteiger partial charge in [-0.3, -0.25) is 4.79 Å². The maximum atomic E-state index is 14.0. The van der Waals surface area contributed by atoms with Crippen molar-refractivity contribution >= 4 is 17.5 Å². The minimum Gasteiger partial charge on any atom is -0.480 e. The summed E-state index contributed by atoms with van der Waals surface area (Å²) in [5.41, 5.74) is 0.296. The Balaban J connectivity index is 1.16. The number of amides is 1. The van der Waals surface area contributed by atoms with Gasteiger partial charge in [-0.25, -0.2) is 4.39 Å². The Morgan fingerprint density at radius 3 is 2.65 bits per heavy atom. The molecular weight excluding hydrogens is 501 g/mol. The molecule has 7 rings (SSSR count). The van der Waals surface area contributed by atoms with E-state index in [4.69, 9.17) is 20.8 Å². The van der Waals surface area contributed by atoms with Crippen LogP contribution in [0, 0.1) is 12.7 Å². The van der Waals surface area contributed by atoms with Gasteiger partial charge >= 0.3 is 0 Å². The van der Waals surface area contributed by atoms with Crippen LogP contribution in [0.15, 0.2) is 40.8 Å². The van der Waals surface area contributed by atoms with Gasteiger partial charge in [0.2, 0.25) is 11.8 Å². The molecular formula is C27H27ClFN3O5. The first-order chi connectivity index (χ1) is 17.7. The highest BCUT2D eigenvalue weighted by atomic mass is 35.5. The number of rotatable bonds is 4. The van der Waals surface area contributed by atoms with Crippen LogP contribution in [0.5, 0.6) is 5.75 Å². The summed E-state index contributed by atoms with van der Waals surface area (Å²) >= 11 is 6.02. The number of hydrogen-bond acceptors (Lipinski definition) is 7. The van der Waals surface area contributed by atoms with Crippen molar-refractivity contribution in [3.63, 3.8) is 0 Å². The summed E-state index contributed by atoms with van der Waals surface area (Å²) in [5.74, 6) is 0.380. The van der Waals surface area contributed by atoms with Crippen molar-refractivity contribution in [2.45, 2.75) is 74.7 Å². The zero-order valence-electron chi connectivity index (χ0n) is 20.2. The number of aliphatic hydroxyl groups is 2. The monoisotopic (exact) mass is 527 g/mol. The van der Waals surface area contributed by atoms with E-state index < -0.39 is 29.3 Å². The van der Waals surface area contributed by atoms with Crippen molar-refractivity contribution in [2.24, 2.45) is 0 Å². The average molecular weight is 528 g/mol. The number of hydrogen-bond donors (Lipinski definition) is 3. The van der Waals surface area contributed by atoms with E-state index in [1.54, 1.807) is 37.3 Å². The van der Waals surface area contributed by atoms with Crippen molar-refractivity contribution < 1.29 is 28.6 Å². The van der Waals surface area contributed by atoms with Crippen LogP contribution in [0.1, 0.15) is 61.6 Å². The molecule has 2 unspecified atom stereocenters. The van der Waals surface area contributed by atoms with Gasteiger partial charge in [0.05, 0.1) is 23.2 Å². The summed E-state index contributed by atoms with van der Waals surface area (Å²) in [6.07, 6.45) is 0.202. The molecule has 0 radical (unpaired) electrons. The second kappa shape index (κ2) is 8.79. The van der Waals surface area contributed by atoms with Crippen LogP contribution in [0.25, 0.3) is 11.5 Å². The maximum Gasteiger partial charge on any atom is 0.261 e. The molecule has 3 atom stereocenters. The lowest BCUT2D eigenvalue weighted by atomic mass is 9.55. The molecule has 2 heterocycles. The molecule has 3 fully saturated rings. The fourth-order valence-electron chi connectivity index (χ4n) is 5.97. The molecule has 0 spiro atoms. The highest BCUT2D eigenvalue weighted by molar-refractivity contribution is 6.30. The van der Waals surface area contributed by atoms with E-state index in [1.165, 1.54) is 6.07 Å². The molecule has 4 aliphatic rings. The fourth-order valence-corrected chi connectivity index (χ4v) is 6.15. The molecule has 3 N–H and O–H groups in total. The predicted molar refractivity (Wildman–Crippen MR) is 132 cm³/mol. The van der Waals surface area contributed by atoms with Crippen molar-refractivity contribution in [3.8, 4) is 17.2 Å². The summed E-state index contributed by atoms with van der Waals surface area (Å²) in [5, 5.41) is 33.7. The number of nitrogens with zero attached hydrogens (tertiary/aromatic N) is 2. The van der Waals surface area contributed by atoms with Gasteiger partial charge in [-0.15, -0.1) is 10.2 Å². The van der Waals surface area contributed by atoms with Crippen LogP contribution in [0.2, 0.25) is 5.02 Å². The molecule has 0 saturated heterocycles. The van der Waals surface area contributed by atoms with Gasteiger partial charge in [0.15, 0.2) is 6.10 Å². The Morgan fingerprint density at radius 2 is 1.92 bits per heavy atom. The van der Waals surface area contributed by atoms with Crippen molar-refractivity contribution in [1.29, 1.82) is 0 Å². The molecule has 3 aliphatic carbocycles. The SMILES string of the molecule is Cc1ccc(-c2nnc(C34CCC(NC(=O)C5CC(O)c6cc(Cl)ccc6O5)(CC3)[C@@H](O)C4)o2)cc1F. The van der Waals surface area contributed by atoms with E-state index in [-0.39, 0.29) is 24.0 Å². The highest BCUT2D eigenvalue weighted by Crippen LogP contribution is 2.53. The summed E-state index contributed by atoms with van der Waals surface area (Å²) in [4.78, 5) is 13.2. The van der Waals surface area contributed by atoms with E-state index in [9.17, 15) is 19.4 Å². The summed E-state index contributed by atoms with van der Waals surface area (Å²) in [6.45, 7) is 1.69. The molecule has 8 nitrogen and oxygen atoms in total. The van der Waals surface area contributed by atoms with Gasteiger partial charge in [0.1, 0.15) is 11.6 Å². The summed E-state index contributed by atoms with van der Waals surface area (Å²) in [7, 11) is 0. The standard InChI is InChI=1S/C27H27ClFN3O5/c1-14-2-3-15(10-18(14)29)24-31-32-25(37-24)26-6-8-27(9-7-26,22(34)13-26)30-23(35)21-12-19(33)17-11-16(28)4-5-20(17)36-21/h2-5,10-11,19,21-22,33-34H,6-9,12-13H2,1H3,(H,30,35)/t19?,21?,22-,26?,27?/m0/s1. The van der Waals surface area contributed by atoms with Crippen molar-refractivity contribution in [3.05, 3.63) is 64.3 Å². The topological polar surface area (TPSA) is 118 Å². The minimum atomic E-state index is -0.882. The largest absolute Gasteiger partial charge is 0.480 e. The number of carbonyl (C=O) groups excluding carboxylic acids is 1. The van der Waals surface area contributed by atoms with Crippen LogP contribution in [-0.2, 0) is 10.2 Å². The number of nitrogens with one attached hydrogen (secondary N) is 1. The second-order valence-corrected chi connectivity index (χ2v) is 11.0. The first kappa shape index (κ1) is 24.3. The number of aryl methyl sites for hydroxylation is 1. The lowest BCUT2D eigenvalue weighted by molar-refractivity contribution is -0.139. The number of aromatic nitrogens is 2. The Kier molecular flexibility index (Phi) is 5.78. The van der Waals surface area contributed by atoms with Gasteiger partial charge in [0, 0.05) is 22.6 Å². The third-order valence-corrected chi connectivity index (χ3v) is 8.56. The lowest BCUT2D eigenvalue weighted by Gasteiger charge is -2.55. The molecule has 2 bridgehead atoms. The van der Waals surface area contributed by atoms with Crippen molar-refractivity contribution in [1.82, 2.24) is 15.5 Å². The molecule has 194 valence electrons. The number of benzene rings is 2. The zero-order chi connectivity index (χ0) is 25.9. The number of carbonyl (C=O) groups is 1. The van der Waals surface area contributed by atoms with E-state index in [0.29, 0.717) is 65.5 Å². The van der Waals surface area contributed by atoms with Gasteiger partial charge < -0.3 is 24.7 Å². The average Bonchev–Trinajstić information content (AvgIpc) is 3.38. The number of fused-ring (bicyclic) bond motifs is 4. The minimum absolute atomic E-state index is 0.0969. The van der Waals surface area contributed by atoms with Crippen LogP contribution in [0.4, 0.5) is 4.39 Å². The number of halogens is 2. The Labute approximate surface area is 217 Å². The van der Waals surface area contributed by atoms with Crippen LogP contribution in [0.3, 0.4) is 0 Å². The van der Waals surface area contributed by atoms with E-state index in [0.717, 1.165) is 0 Å². The molecule has 2 aromatic carbocycles. The Morgan fingerprint density at radius 1 is 1.14 bits per heavy atom. The Bertz CT molecular complexity index is 1370. The zero-order valence-corrected chi connectivity index (χ0v) is 21.0. The van der Waals surface area contributed by atoms with Gasteiger partial charge in [-0.1, -0.05) is 17.7 Å². The quantitative estimate of drug-likeness (QED) is 0.466. The van der Waals surface area contributed by atoms with Crippen molar-refractivity contribution in [2.75, 3.05) is 0 Å². The lowest BCUT2D eigenvalue weighted by Crippen LogP contribution is -2.67. The van der Waals surface area contributed by atoms with Crippen LogP contribution >= 0.6 is 11.6 Å². The van der Waals surface area contributed by atoms with Crippen LogP contribution < -0.4 is 10.1 Å². The molecule has 10 heteroatoms. The summed E-state index contributed by atoms with van der Waals surface area (Å²) < 4.78 is 25.9. The fraction of sp³-hybridized carbons (Fsp3) is 0.444. The molecule has 1 aliphatic heterocycles. The smallest absolute Gasteiger partial charge is 0.261 e. The van der Waals surface area contributed by atoms with Gasteiger partial charge in [0.25, 0.3) is 5.91 Å². The molecule has 3 aromatic rings. The van der Waals surface area contributed by atoms with E-state index in [1.807, 2.05) is 0 Å². The third-order valence-electron chi connectivity index (χ3n) is 8.32. The Hall–Kier alpha value is -3.01. The van der Waals surface area contributed by atoms with E-state index >= 15 is 0 Å². The van der Waals surface area contributed by atoms with Gasteiger partial charge in [-0.2, -0.15) is 0 Å². The first-order valence-corrected chi connectivity index (χ1v) is 12.8. The first-order valence-electron chi connectivity index (χ1n) is 12.4. The molecule has 1 amide bonds. The highest BCUT2D eigenvalue weighted by Gasteiger charge is 2.58. The van der Waals surface area contributed by atoms with E-state index in [2.05, 4.69) is 15.5 Å². The summed E-state index contributed by atoms with van der Waals surface area (Å²) in [6, 6.07) is 9.71. The maximum absolute atomic E-state index is 14.0. The number of aliphatic hydroxyl groups excluding tert-OH is 2. The number of ether oxygens (including phenoxy) is 1. The molecule has 3 saturated carbocycles. The van der Waals surface area contributed by atoms with Gasteiger partial charge in [-0.05, 0) is 74.9 Å².